The number of phenols is 1. The highest BCUT2D eigenvalue weighted by Gasteiger charge is 2.23. The van der Waals surface area contributed by atoms with Crippen LogP contribution in [0.1, 0.15) is 65.6 Å². The van der Waals surface area contributed by atoms with Crippen LogP contribution in [0.2, 0.25) is 0 Å². The van der Waals surface area contributed by atoms with Crippen molar-refractivity contribution < 1.29 is 15.0 Å². The number of hydrogen-bond donors (Lipinski definition) is 2. The maximum atomic E-state index is 11.7. The monoisotopic (exact) mass is 348 g/mol. The Kier molecular flexibility index (Phi) is 5.27. The predicted molar refractivity (Wildman–Crippen MR) is 104 cm³/mol. The number of rotatable bonds is 5. The van der Waals surface area contributed by atoms with Gasteiger partial charge in [0.05, 0.1) is 0 Å². The summed E-state index contributed by atoms with van der Waals surface area (Å²) in [5.41, 5.74) is 3.76. The Morgan fingerprint density at radius 2 is 1.73 bits per heavy atom. The lowest BCUT2D eigenvalue weighted by molar-refractivity contribution is 0.0693. The van der Waals surface area contributed by atoms with E-state index in [0.717, 1.165) is 24.0 Å². The van der Waals surface area contributed by atoms with E-state index in [-0.39, 0.29) is 23.1 Å². The zero-order chi connectivity index (χ0) is 18.7. The van der Waals surface area contributed by atoms with E-state index in [4.69, 9.17) is 0 Å². The van der Waals surface area contributed by atoms with Gasteiger partial charge < -0.3 is 10.2 Å². The lowest BCUT2D eigenvalue weighted by Crippen LogP contribution is -2.07. The van der Waals surface area contributed by atoms with Crippen molar-refractivity contribution in [3.05, 3.63) is 88.5 Å². The maximum absolute atomic E-state index is 11.7. The van der Waals surface area contributed by atoms with E-state index < -0.39 is 5.97 Å². The van der Waals surface area contributed by atoms with E-state index >= 15 is 0 Å². The fraction of sp³-hybridized carbons (Fsp3) is 0.261. The molecular formula is C23H24O3. The Labute approximate surface area is 154 Å². The molecule has 2 atom stereocenters. The molecule has 0 amide bonds. The van der Waals surface area contributed by atoms with Crippen molar-refractivity contribution in [1.82, 2.24) is 0 Å². The van der Waals surface area contributed by atoms with E-state index in [9.17, 15) is 15.0 Å². The highest BCUT2D eigenvalue weighted by molar-refractivity contribution is 5.91. The average Bonchev–Trinajstić information content (AvgIpc) is 2.68. The Hall–Kier alpha value is -2.81. The standard InChI is InChI=1S/C23H24O3/c1-15(17-9-5-3-6-10-17)19-13-20(22(24)21(14-19)23(25)26)16(2)18-11-7-4-8-12-18/h4-5,7-16,24H,3,6H2,1-2H3,(H,25,26). The summed E-state index contributed by atoms with van der Waals surface area (Å²) in [5, 5.41) is 20.2. The fourth-order valence-corrected chi connectivity index (χ4v) is 3.49. The molecule has 2 unspecified atom stereocenters. The van der Waals surface area contributed by atoms with Gasteiger partial charge in [0.25, 0.3) is 0 Å². The number of hydrogen-bond acceptors (Lipinski definition) is 2. The summed E-state index contributed by atoms with van der Waals surface area (Å²) in [5.74, 6) is -1.27. The quantitative estimate of drug-likeness (QED) is 0.737. The first-order chi connectivity index (χ1) is 12.5. The van der Waals surface area contributed by atoms with Crippen molar-refractivity contribution in [2.45, 2.75) is 38.5 Å². The van der Waals surface area contributed by atoms with Gasteiger partial charge >= 0.3 is 5.97 Å². The molecule has 3 heteroatoms. The van der Waals surface area contributed by atoms with Crippen LogP contribution < -0.4 is 0 Å². The Morgan fingerprint density at radius 1 is 1.00 bits per heavy atom. The summed E-state index contributed by atoms with van der Waals surface area (Å²) >= 11 is 0. The largest absolute Gasteiger partial charge is 0.507 e. The van der Waals surface area contributed by atoms with Crippen LogP contribution in [0.15, 0.2) is 66.3 Å². The van der Waals surface area contributed by atoms with Crippen LogP contribution in [0.3, 0.4) is 0 Å². The van der Waals surface area contributed by atoms with Crippen LogP contribution in [-0.4, -0.2) is 16.2 Å². The van der Waals surface area contributed by atoms with Crippen LogP contribution in [0, 0.1) is 0 Å². The molecule has 0 radical (unpaired) electrons. The van der Waals surface area contributed by atoms with Crippen LogP contribution >= 0.6 is 0 Å². The summed E-state index contributed by atoms with van der Waals surface area (Å²) in [4.78, 5) is 11.7. The van der Waals surface area contributed by atoms with E-state index in [0.29, 0.717) is 5.56 Å². The molecular weight excluding hydrogens is 324 g/mol. The highest BCUT2D eigenvalue weighted by Crippen LogP contribution is 2.38. The van der Waals surface area contributed by atoms with Crippen LogP contribution in [-0.2, 0) is 0 Å². The van der Waals surface area contributed by atoms with Gasteiger partial charge in [-0.15, -0.1) is 0 Å². The first kappa shape index (κ1) is 18.0. The lowest BCUT2D eigenvalue weighted by Gasteiger charge is -2.21. The molecule has 0 spiro atoms. The molecule has 0 saturated carbocycles. The normalized spacial score (nSPS) is 16.0. The molecule has 3 nitrogen and oxygen atoms in total. The molecule has 26 heavy (non-hydrogen) atoms. The number of allylic oxidation sites excluding steroid dienone is 4. The Morgan fingerprint density at radius 3 is 2.35 bits per heavy atom. The third-order valence-electron chi connectivity index (χ3n) is 5.18. The number of carboxylic acid groups (broad SMARTS) is 1. The molecule has 0 fully saturated rings. The van der Waals surface area contributed by atoms with Crippen molar-refractivity contribution in [1.29, 1.82) is 0 Å². The van der Waals surface area contributed by atoms with Gasteiger partial charge in [-0.1, -0.05) is 68.5 Å². The molecule has 0 aromatic heterocycles. The molecule has 1 aliphatic rings. The maximum Gasteiger partial charge on any atom is 0.339 e. The van der Waals surface area contributed by atoms with E-state index in [1.165, 1.54) is 5.57 Å². The molecule has 2 aromatic rings. The predicted octanol–water partition coefficient (Wildman–Crippen LogP) is 5.62. The number of aromatic hydroxyl groups is 1. The number of carbonyl (C=O) groups is 1. The molecule has 2 aromatic carbocycles. The van der Waals surface area contributed by atoms with E-state index in [1.54, 1.807) is 6.07 Å². The minimum atomic E-state index is -1.11. The third-order valence-corrected chi connectivity index (χ3v) is 5.18. The highest BCUT2D eigenvalue weighted by atomic mass is 16.4. The molecule has 134 valence electrons. The number of carboxylic acids is 1. The summed E-state index contributed by atoms with van der Waals surface area (Å²) in [7, 11) is 0. The Balaban J connectivity index is 2.09. The second kappa shape index (κ2) is 7.61. The van der Waals surface area contributed by atoms with Gasteiger partial charge in [0.2, 0.25) is 0 Å². The van der Waals surface area contributed by atoms with Gasteiger partial charge in [-0.3, -0.25) is 0 Å². The molecule has 0 saturated heterocycles. The fourth-order valence-electron chi connectivity index (χ4n) is 3.49. The zero-order valence-electron chi connectivity index (χ0n) is 15.1. The van der Waals surface area contributed by atoms with Crippen molar-refractivity contribution in [2.75, 3.05) is 0 Å². The molecule has 2 N–H and O–H groups in total. The topological polar surface area (TPSA) is 57.5 Å². The van der Waals surface area contributed by atoms with E-state index in [1.807, 2.05) is 43.3 Å². The summed E-state index contributed by atoms with van der Waals surface area (Å²) in [6.07, 6.45) is 8.52. The van der Waals surface area contributed by atoms with Gasteiger partial charge in [-0.2, -0.15) is 0 Å². The summed E-state index contributed by atoms with van der Waals surface area (Å²) in [6, 6.07) is 13.4. The number of aromatic carboxylic acids is 1. The third kappa shape index (κ3) is 3.57. The first-order valence-electron chi connectivity index (χ1n) is 9.00. The van der Waals surface area contributed by atoms with Gasteiger partial charge in [0.15, 0.2) is 0 Å². The molecule has 0 bridgehead atoms. The van der Waals surface area contributed by atoms with E-state index in [2.05, 4.69) is 25.2 Å². The zero-order valence-corrected chi connectivity index (χ0v) is 15.1. The van der Waals surface area contributed by atoms with Gasteiger partial charge in [-0.05, 0) is 35.6 Å². The summed E-state index contributed by atoms with van der Waals surface area (Å²) < 4.78 is 0. The van der Waals surface area contributed by atoms with Crippen LogP contribution in [0.4, 0.5) is 0 Å². The summed E-state index contributed by atoms with van der Waals surface area (Å²) in [6.45, 7) is 4.07. The van der Waals surface area contributed by atoms with Gasteiger partial charge in [-0.25, -0.2) is 4.79 Å². The van der Waals surface area contributed by atoms with Crippen LogP contribution in [0.25, 0.3) is 0 Å². The van der Waals surface area contributed by atoms with Crippen molar-refractivity contribution in [2.24, 2.45) is 0 Å². The van der Waals surface area contributed by atoms with Crippen molar-refractivity contribution >= 4 is 5.97 Å². The lowest BCUT2D eigenvalue weighted by atomic mass is 9.84. The average molecular weight is 348 g/mol. The minimum absolute atomic E-state index is 0.0347. The van der Waals surface area contributed by atoms with Gasteiger partial charge in [0.1, 0.15) is 11.3 Å². The Bertz CT molecular complexity index is 863. The van der Waals surface area contributed by atoms with Gasteiger partial charge in [0, 0.05) is 17.4 Å². The second-order valence-electron chi connectivity index (χ2n) is 6.85. The molecule has 1 aliphatic carbocycles. The van der Waals surface area contributed by atoms with Crippen LogP contribution in [0.5, 0.6) is 5.75 Å². The van der Waals surface area contributed by atoms with Crippen molar-refractivity contribution in [3.8, 4) is 5.75 Å². The molecule has 3 rings (SSSR count). The SMILES string of the molecule is CC(C1=CCCC=C1)c1cc(C(=O)O)c(O)c(C(C)c2ccccc2)c1. The smallest absolute Gasteiger partial charge is 0.339 e. The first-order valence-corrected chi connectivity index (χ1v) is 9.00. The molecule has 0 aliphatic heterocycles. The molecule has 0 heterocycles. The van der Waals surface area contributed by atoms with Crippen molar-refractivity contribution in [3.63, 3.8) is 0 Å². The second-order valence-corrected chi connectivity index (χ2v) is 6.85. The minimum Gasteiger partial charge on any atom is -0.507 e. The number of benzene rings is 2.